The van der Waals surface area contributed by atoms with Gasteiger partial charge in [0.05, 0.1) is 25.0 Å². The van der Waals surface area contributed by atoms with Gasteiger partial charge in [0.1, 0.15) is 5.76 Å². The van der Waals surface area contributed by atoms with Crippen molar-refractivity contribution in [1.29, 1.82) is 0 Å². The summed E-state index contributed by atoms with van der Waals surface area (Å²) in [4.78, 5) is 18.4. The van der Waals surface area contributed by atoms with Crippen LogP contribution in [0.4, 0.5) is 0 Å². The zero-order valence-corrected chi connectivity index (χ0v) is 15.7. The Balaban J connectivity index is 1.65. The first kappa shape index (κ1) is 18.0. The molecule has 140 valence electrons. The van der Waals surface area contributed by atoms with Gasteiger partial charge in [-0.1, -0.05) is 0 Å². The van der Waals surface area contributed by atoms with Gasteiger partial charge in [0, 0.05) is 51.3 Å². The van der Waals surface area contributed by atoms with E-state index in [1.165, 1.54) is 0 Å². The lowest BCUT2D eigenvalue weighted by Crippen LogP contribution is -2.40. The van der Waals surface area contributed by atoms with Crippen LogP contribution in [0.3, 0.4) is 0 Å². The molecule has 0 aliphatic carbocycles. The van der Waals surface area contributed by atoms with Gasteiger partial charge in [0.25, 0.3) is 0 Å². The van der Waals surface area contributed by atoms with Crippen molar-refractivity contribution < 1.29 is 9.21 Å². The molecule has 3 rings (SSSR count). The van der Waals surface area contributed by atoms with Crippen LogP contribution in [0.5, 0.6) is 0 Å². The number of carbonyl (C=O) groups excluding carboxylic acids is 1. The lowest BCUT2D eigenvalue weighted by Gasteiger charge is -2.25. The number of aliphatic imine (C=N–C) groups is 1. The van der Waals surface area contributed by atoms with E-state index in [0.29, 0.717) is 25.5 Å². The lowest BCUT2D eigenvalue weighted by atomic mass is 9.94. The molecular formula is C18H26N6O2. The molecule has 8 heteroatoms. The van der Waals surface area contributed by atoms with Crippen LogP contribution in [0, 0.1) is 12.8 Å². The minimum atomic E-state index is 0.0203. The third-order valence-corrected chi connectivity index (χ3v) is 5.05. The summed E-state index contributed by atoms with van der Waals surface area (Å²) in [6, 6.07) is 3.78. The summed E-state index contributed by atoms with van der Waals surface area (Å²) in [5.41, 5.74) is 2.19. The fraction of sp³-hybridized carbons (Fsp3) is 0.500. The van der Waals surface area contributed by atoms with Gasteiger partial charge in [0.15, 0.2) is 5.96 Å². The van der Waals surface area contributed by atoms with Gasteiger partial charge in [0.2, 0.25) is 5.91 Å². The van der Waals surface area contributed by atoms with Crippen molar-refractivity contribution in [1.82, 2.24) is 25.3 Å². The number of likely N-dealkylation sites (tertiary alicyclic amines) is 1. The van der Waals surface area contributed by atoms with Crippen LogP contribution in [-0.2, 0) is 18.4 Å². The standard InChI is InChI=1S/C18H26N6O2/c1-12-15(11-22-24(12)4)17-13(8-16(25)23(17)3)9-20-18(19-2)21-10-14-6-5-7-26-14/h5-7,11,13,17H,8-10H2,1-4H3,(H2,19,20,21)/t13-,17+/m0/s1. The summed E-state index contributed by atoms with van der Waals surface area (Å²) in [6.07, 6.45) is 4.03. The highest BCUT2D eigenvalue weighted by atomic mass is 16.3. The van der Waals surface area contributed by atoms with Crippen molar-refractivity contribution in [3.63, 3.8) is 0 Å². The van der Waals surface area contributed by atoms with Gasteiger partial charge >= 0.3 is 0 Å². The van der Waals surface area contributed by atoms with Crippen molar-refractivity contribution in [2.45, 2.75) is 25.9 Å². The lowest BCUT2D eigenvalue weighted by molar-refractivity contribution is -0.127. The summed E-state index contributed by atoms with van der Waals surface area (Å²) >= 11 is 0. The molecule has 0 radical (unpaired) electrons. The normalized spacial score (nSPS) is 20.7. The van der Waals surface area contributed by atoms with E-state index in [1.807, 2.05) is 48.9 Å². The predicted molar refractivity (Wildman–Crippen MR) is 98.5 cm³/mol. The Bertz CT molecular complexity index is 780. The van der Waals surface area contributed by atoms with Crippen LogP contribution in [0.25, 0.3) is 0 Å². The number of nitrogens with one attached hydrogen (secondary N) is 2. The number of aromatic nitrogens is 2. The highest BCUT2D eigenvalue weighted by molar-refractivity contribution is 5.81. The minimum Gasteiger partial charge on any atom is -0.467 e. The Morgan fingerprint density at radius 2 is 2.23 bits per heavy atom. The maximum atomic E-state index is 12.3. The second kappa shape index (κ2) is 7.63. The predicted octanol–water partition coefficient (Wildman–Crippen LogP) is 1.21. The van der Waals surface area contributed by atoms with Crippen LogP contribution in [0.1, 0.15) is 29.5 Å². The molecule has 1 aliphatic heterocycles. The molecule has 1 saturated heterocycles. The zero-order valence-electron chi connectivity index (χ0n) is 15.7. The average molecular weight is 358 g/mol. The zero-order chi connectivity index (χ0) is 18.7. The summed E-state index contributed by atoms with van der Waals surface area (Å²) in [7, 11) is 5.51. The number of aryl methyl sites for hydroxylation is 1. The maximum absolute atomic E-state index is 12.3. The number of nitrogens with zero attached hydrogens (tertiary/aromatic N) is 4. The fourth-order valence-electron chi connectivity index (χ4n) is 3.44. The quantitative estimate of drug-likeness (QED) is 0.620. The van der Waals surface area contributed by atoms with E-state index in [4.69, 9.17) is 4.42 Å². The Morgan fingerprint density at radius 1 is 1.42 bits per heavy atom. The first-order valence-electron chi connectivity index (χ1n) is 8.72. The van der Waals surface area contributed by atoms with Crippen molar-refractivity contribution in [2.24, 2.45) is 18.0 Å². The molecule has 0 saturated carbocycles. The molecule has 1 amide bonds. The Labute approximate surface area is 153 Å². The van der Waals surface area contributed by atoms with Gasteiger partial charge in [-0.2, -0.15) is 5.10 Å². The van der Waals surface area contributed by atoms with E-state index < -0.39 is 0 Å². The van der Waals surface area contributed by atoms with E-state index in [0.717, 1.165) is 17.0 Å². The fourth-order valence-corrected chi connectivity index (χ4v) is 3.44. The van der Waals surface area contributed by atoms with Gasteiger partial charge in [-0.15, -0.1) is 0 Å². The van der Waals surface area contributed by atoms with E-state index in [-0.39, 0.29) is 17.9 Å². The highest BCUT2D eigenvalue weighted by Gasteiger charge is 2.39. The number of furan rings is 1. The third kappa shape index (κ3) is 3.58. The van der Waals surface area contributed by atoms with Crippen molar-refractivity contribution in [3.05, 3.63) is 41.6 Å². The van der Waals surface area contributed by atoms with Crippen LogP contribution in [0.15, 0.2) is 34.0 Å². The second-order valence-corrected chi connectivity index (χ2v) is 6.61. The third-order valence-electron chi connectivity index (χ3n) is 5.05. The molecule has 8 nitrogen and oxygen atoms in total. The van der Waals surface area contributed by atoms with Crippen LogP contribution in [-0.4, -0.2) is 47.2 Å². The maximum Gasteiger partial charge on any atom is 0.223 e. The largest absolute Gasteiger partial charge is 0.467 e. The van der Waals surface area contributed by atoms with E-state index in [1.54, 1.807) is 13.3 Å². The van der Waals surface area contributed by atoms with Crippen LogP contribution in [0.2, 0.25) is 0 Å². The van der Waals surface area contributed by atoms with Crippen LogP contribution >= 0.6 is 0 Å². The van der Waals surface area contributed by atoms with Gasteiger partial charge < -0.3 is 20.0 Å². The van der Waals surface area contributed by atoms with Crippen molar-refractivity contribution >= 4 is 11.9 Å². The summed E-state index contributed by atoms with van der Waals surface area (Å²) in [5, 5.41) is 10.9. The highest BCUT2D eigenvalue weighted by Crippen LogP contribution is 2.37. The van der Waals surface area contributed by atoms with E-state index in [9.17, 15) is 4.79 Å². The molecule has 2 aromatic rings. The van der Waals surface area contributed by atoms with E-state index in [2.05, 4.69) is 20.7 Å². The monoisotopic (exact) mass is 358 g/mol. The Hall–Kier alpha value is -2.77. The molecule has 1 aliphatic rings. The first-order valence-corrected chi connectivity index (χ1v) is 8.72. The van der Waals surface area contributed by atoms with Gasteiger partial charge in [-0.05, 0) is 19.1 Å². The molecule has 26 heavy (non-hydrogen) atoms. The molecule has 3 heterocycles. The molecular weight excluding hydrogens is 332 g/mol. The number of guanidine groups is 1. The molecule has 0 unspecified atom stereocenters. The number of amides is 1. The van der Waals surface area contributed by atoms with Crippen molar-refractivity contribution in [2.75, 3.05) is 20.6 Å². The number of rotatable bonds is 5. The van der Waals surface area contributed by atoms with Crippen molar-refractivity contribution in [3.8, 4) is 0 Å². The summed E-state index contributed by atoms with van der Waals surface area (Å²) in [5.74, 6) is 1.83. The van der Waals surface area contributed by atoms with Gasteiger partial charge in [-0.25, -0.2) is 0 Å². The Kier molecular flexibility index (Phi) is 5.29. The number of hydrogen-bond acceptors (Lipinski definition) is 4. The first-order chi connectivity index (χ1) is 12.5. The molecule has 0 spiro atoms. The molecule has 1 fully saturated rings. The topological polar surface area (TPSA) is 87.7 Å². The SMILES string of the molecule is CN=C(NCc1ccco1)NC[C@@H]1CC(=O)N(C)[C@H]1c1cnn(C)c1C. The molecule has 0 aromatic carbocycles. The second-order valence-electron chi connectivity index (χ2n) is 6.61. The average Bonchev–Trinajstić information content (AvgIpc) is 3.32. The molecule has 2 aromatic heterocycles. The molecule has 0 bridgehead atoms. The minimum absolute atomic E-state index is 0.0203. The number of carbonyl (C=O) groups is 1. The van der Waals surface area contributed by atoms with Gasteiger partial charge in [-0.3, -0.25) is 14.5 Å². The Morgan fingerprint density at radius 3 is 2.85 bits per heavy atom. The summed E-state index contributed by atoms with van der Waals surface area (Å²) < 4.78 is 7.17. The smallest absolute Gasteiger partial charge is 0.223 e. The molecule has 2 N–H and O–H groups in total. The number of hydrogen-bond donors (Lipinski definition) is 2. The van der Waals surface area contributed by atoms with E-state index >= 15 is 0 Å². The molecule has 2 atom stereocenters. The summed E-state index contributed by atoms with van der Waals surface area (Å²) in [6.45, 7) is 3.24. The van der Waals surface area contributed by atoms with Crippen LogP contribution < -0.4 is 10.6 Å².